The Balaban J connectivity index is 8.15. The summed E-state index contributed by atoms with van der Waals surface area (Å²) in [5.74, 6) is -128. The van der Waals surface area contributed by atoms with Gasteiger partial charge in [-0.25, -0.2) is 0 Å². The number of hydrogen-bond donors (Lipinski definition) is 1. The van der Waals surface area contributed by atoms with E-state index in [4.69, 9.17) is 5.11 Å². The van der Waals surface area contributed by atoms with Crippen LogP contribution in [-0.4, -0.2) is 137 Å². The first-order valence-electron chi connectivity index (χ1n) is 16.1. The summed E-state index contributed by atoms with van der Waals surface area (Å²) in [5.41, 5.74) is 0. The molecule has 0 aromatic rings. The molecular formula is C27H17F39OSn. The fourth-order valence-corrected chi connectivity index (χ4v) is 17.3. The van der Waals surface area contributed by atoms with Gasteiger partial charge < -0.3 is 0 Å². The monoisotopic (exact) mass is 1220 g/mol. The predicted molar refractivity (Wildman–Crippen MR) is 143 cm³/mol. The Bertz CT molecular complexity index is 1550. The number of aliphatic hydroxyl groups is 1. The van der Waals surface area contributed by atoms with Gasteiger partial charge in [0.05, 0.1) is 0 Å². The quantitative estimate of drug-likeness (QED) is 0.0799. The van der Waals surface area contributed by atoms with Gasteiger partial charge in [0.25, 0.3) is 0 Å². The van der Waals surface area contributed by atoms with Crippen LogP contribution in [0.5, 0.6) is 0 Å². The Morgan fingerprint density at radius 2 is 0.412 bits per heavy atom. The molecule has 68 heavy (non-hydrogen) atoms. The Morgan fingerprint density at radius 3 is 0.559 bits per heavy atom. The summed E-state index contributed by atoms with van der Waals surface area (Å²) in [6.45, 7) is -2.10. The van der Waals surface area contributed by atoms with Crippen LogP contribution in [-0.2, 0) is 0 Å². The first kappa shape index (κ1) is 65.8. The van der Waals surface area contributed by atoms with E-state index < -0.39 is 175 Å². The van der Waals surface area contributed by atoms with E-state index in [-0.39, 0.29) is 0 Å². The Morgan fingerprint density at radius 1 is 0.250 bits per heavy atom. The molecule has 0 aliphatic heterocycles. The van der Waals surface area contributed by atoms with Gasteiger partial charge in [-0.15, -0.1) is 0 Å². The molecule has 408 valence electrons. The molecule has 0 atom stereocenters. The van der Waals surface area contributed by atoms with Crippen molar-refractivity contribution < 1.29 is 176 Å². The third-order valence-electron chi connectivity index (χ3n) is 9.38. The van der Waals surface area contributed by atoms with E-state index in [1.807, 2.05) is 0 Å². The van der Waals surface area contributed by atoms with Gasteiger partial charge in [0.1, 0.15) is 0 Å². The van der Waals surface area contributed by atoms with Crippen molar-refractivity contribution in [3.05, 3.63) is 10.2 Å². The molecule has 0 fully saturated rings. The molecule has 0 saturated carbocycles. The van der Waals surface area contributed by atoms with Crippen LogP contribution >= 0.6 is 0 Å². The molecule has 0 radical (unpaired) electrons. The molecule has 41 heteroatoms. The van der Waals surface area contributed by atoms with Crippen LogP contribution in [0.4, 0.5) is 171 Å². The summed E-state index contributed by atoms with van der Waals surface area (Å²) in [5, 5.41) is 8.92. The molecule has 0 aromatic carbocycles. The van der Waals surface area contributed by atoms with Crippen LogP contribution < -0.4 is 0 Å². The zero-order valence-electron chi connectivity index (χ0n) is 30.8. The molecule has 0 unspecified atom stereocenters. The topological polar surface area (TPSA) is 20.2 Å². The molecule has 0 bridgehead atoms. The van der Waals surface area contributed by atoms with Gasteiger partial charge in [-0.1, -0.05) is 0 Å². The number of rotatable bonds is 23. The van der Waals surface area contributed by atoms with E-state index in [0.29, 0.717) is 0 Å². The molecule has 0 aliphatic carbocycles. The normalized spacial score (nSPS) is 16.9. The average molecular weight is 1220 g/mol. The summed E-state index contributed by atoms with van der Waals surface area (Å²) >= 11 is -8.06. The number of hydrogen-bond acceptors (Lipinski definition) is 1. The van der Waals surface area contributed by atoms with Crippen molar-refractivity contribution in [1.29, 1.82) is 0 Å². The molecule has 0 rings (SSSR count). The van der Waals surface area contributed by atoms with Crippen molar-refractivity contribution in [3.63, 3.8) is 0 Å². The van der Waals surface area contributed by atoms with Crippen molar-refractivity contribution in [2.24, 2.45) is 0 Å². The Kier molecular flexibility index (Phi) is 17.5. The SMILES string of the molecule is OC/C=[CH]\[Sn]([CH2]CC(F)(F)C(F)(F)C(F)(F)C(F)(F)C(F)(F)C(F)(F)F)([CH2]CC(F)(F)C(F)(F)C(F)(F)C(F)(F)C(F)(F)C(F)(F)F)[CH2]CC(F)(F)C(F)(F)C(F)(F)C(F)(F)C(F)(F)C(F)(F)F. The number of halogens is 39. The summed E-state index contributed by atoms with van der Waals surface area (Å²) in [6.07, 6.45) is -37.1. The number of alkyl halides is 39. The van der Waals surface area contributed by atoms with Crippen LogP contribution in [0, 0.1) is 0 Å². The van der Waals surface area contributed by atoms with Crippen molar-refractivity contribution in [3.8, 4) is 0 Å². The summed E-state index contributed by atoms with van der Waals surface area (Å²) < 4.78 is 521. The van der Waals surface area contributed by atoms with Gasteiger partial charge in [-0.3, -0.25) is 0 Å². The van der Waals surface area contributed by atoms with Crippen LogP contribution in [0.3, 0.4) is 0 Å². The van der Waals surface area contributed by atoms with Gasteiger partial charge in [0, 0.05) is 0 Å². The summed E-state index contributed by atoms with van der Waals surface area (Å²) in [6, 6.07) is 0. The molecule has 0 spiro atoms. The second-order valence-corrected chi connectivity index (χ2v) is 27.0. The van der Waals surface area contributed by atoms with E-state index in [9.17, 15) is 171 Å². The summed E-state index contributed by atoms with van der Waals surface area (Å²) in [7, 11) is 0. The van der Waals surface area contributed by atoms with Crippen LogP contribution in [0.25, 0.3) is 0 Å². The van der Waals surface area contributed by atoms with E-state index in [2.05, 4.69) is 0 Å². The predicted octanol–water partition coefficient (Wildman–Crippen LogP) is 14.9. The molecule has 0 saturated heterocycles. The van der Waals surface area contributed by atoms with Gasteiger partial charge in [-0.2, -0.15) is 0 Å². The fourth-order valence-electron chi connectivity index (χ4n) is 5.02. The molecule has 1 nitrogen and oxygen atoms in total. The first-order chi connectivity index (χ1) is 28.9. The average Bonchev–Trinajstić information content (AvgIpc) is 3.11. The van der Waals surface area contributed by atoms with Crippen LogP contribution in [0.1, 0.15) is 19.3 Å². The van der Waals surface area contributed by atoms with Gasteiger partial charge in [0.2, 0.25) is 0 Å². The molecule has 0 aromatic heterocycles. The van der Waals surface area contributed by atoms with Crippen molar-refractivity contribution in [2.75, 3.05) is 6.61 Å². The zero-order valence-corrected chi connectivity index (χ0v) is 33.6. The van der Waals surface area contributed by atoms with E-state index in [0.717, 1.165) is 0 Å². The molecular weight excluding hydrogens is 1200 g/mol. The van der Waals surface area contributed by atoms with E-state index >= 15 is 0 Å². The van der Waals surface area contributed by atoms with E-state index in [1.54, 1.807) is 0 Å². The zero-order chi connectivity index (χ0) is 55.9. The standard InChI is InChI=1S/3C8H4F13.C3H5O.Sn/c3*1-2-3(9,10)4(11,12)5(13,14)6(15,16)7(17,18)8(19,20)21;1-2-3-4;/h3*1-2H2;1-2,4H,3H2;. The van der Waals surface area contributed by atoms with E-state index in [1.165, 1.54) is 0 Å². The maximum absolute atomic E-state index is 14.7. The molecule has 0 aliphatic rings. The second kappa shape index (κ2) is 18.1. The summed E-state index contributed by atoms with van der Waals surface area (Å²) in [4.78, 5) is 0. The first-order valence-corrected chi connectivity index (χ1v) is 23.8. The minimum atomic E-state index is -8.88. The molecule has 0 amide bonds. The third-order valence-corrected chi connectivity index (χ3v) is 22.7. The molecule has 1 N–H and O–H groups in total. The van der Waals surface area contributed by atoms with Gasteiger partial charge >= 0.3 is 351 Å². The maximum atomic E-state index is 14.7. The van der Waals surface area contributed by atoms with Crippen molar-refractivity contribution >= 4 is 18.4 Å². The molecule has 0 heterocycles. The second-order valence-electron chi connectivity index (χ2n) is 13.9. The number of aliphatic hydroxyl groups excluding tert-OH is 1. The van der Waals surface area contributed by atoms with Crippen LogP contribution in [0.15, 0.2) is 10.2 Å². The Hall–Kier alpha value is -2.23. The Labute approximate surface area is 351 Å². The van der Waals surface area contributed by atoms with Crippen molar-refractivity contribution in [2.45, 2.75) is 140 Å². The minimum absolute atomic E-state index is 0.551. The van der Waals surface area contributed by atoms with Crippen LogP contribution in [0.2, 0.25) is 13.3 Å². The third kappa shape index (κ3) is 9.97. The van der Waals surface area contributed by atoms with Gasteiger partial charge in [0.15, 0.2) is 0 Å². The fraction of sp³-hybridized carbons (Fsp3) is 0.926. The van der Waals surface area contributed by atoms with Crippen molar-refractivity contribution in [1.82, 2.24) is 0 Å². The van der Waals surface area contributed by atoms with Gasteiger partial charge in [-0.05, 0) is 0 Å².